The van der Waals surface area contributed by atoms with Gasteiger partial charge in [0, 0.05) is 13.2 Å². The van der Waals surface area contributed by atoms with Gasteiger partial charge in [-0.3, -0.25) is 0 Å². The van der Waals surface area contributed by atoms with Crippen LogP contribution in [-0.2, 0) is 0 Å². The predicted molar refractivity (Wildman–Crippen MR) is 80.6 cm³/mol. The third-order valence-corrected chi connectivity index (χ3v) is 3.29. The van der Waals surface area contributed by atoms with E-state index in [1.54, 1.807) is 0 Å². The van der Waals surface area contributed by atoms with Crippen LogP contribution in [0.2, 0.25) is 0 Å². The maximum absolute atomic E-state index is 9.03. The second kappa shape index (κ2) is 15.9. The molecule has 0 heterocycles. The van der Waals surface area contributed by atoms with Gasteiger partial charge >= 0.3 is 0 Å². The molecular formula is C15H37NO. The van der Waals surface area contributed by atoms with Crippen molar-refractivity contribution in [1.29, 1.82) is 0 Å². The molecule has 0 saturated heterocycles. The maximum Gasteiger partial charge on any atom is 0.0436 e. The van der Waals surface area contributed by atoms with Crippen LogP contribution in [0.3, 0.4) is 0 Å². The molecule has 1 N–H and O–H groups in total. The first-order valence-corrected chi connectivity index (χ1v) is 7.43. The SMILES string of the molecule is CC.CC.CCN(C)CC(CC)(CC)CCO. The van der Waals surface area contributed by atoms with E-state index in [1.165, 1.54) is 0 Å². The first-order chi connectivity index (χ1) is 8.14. The normalized spacial score (nSPS) is 10.2. The largest absolute Gasteiger partial charge is 0.396 e. The van der Waals surface area contributed by atoms with Gasteiger partial charge in [-0.25, -0.2) is 0 Å². The zero-order chi connectivity index (χ0) is 14.3. The third-order valence-electron chi connectivity index (χ3n) is 3.29. The molecule has 0 unspecified atom stereocenters. The summed E-state index contributed by atoms with van der Waals surface area (Å²) in [5.74, 6) is 0. The Morgan fingerprint density at radius 2 is 1.35 bits per heavy atom. The molecule has 0 amide bonds. The molecule has 0 aliphatic carbocycles. The van der Waals surface area contributed by atoms with Crippen molar-refractivity contribution >= 4 is 0 Å². The lowest BCUT2D eigenvalue weighted by Crippen LogP contribution is -2.35. The summed E-state index contributed by atoms with van der Waals surface area (Å²) in [5.41, 5.74) is 0.333. The highest BCUT2D eigenvalue weighted by atomic mass is 16.3. The lowest BCUT2D eigenvalue weighted by atomic mass is 9.79. The number of aliphatic hydroxyl groups excluding tert-OH is 1. The van der Waals surface area contributed by atoms with Crippen LogP contribution in [0.4, 0.5) is 0 Å². The Labute approximate surface area is 110 Å². The van der Waals surface area contributed by atoms with Crippen molar-refractivity contribution in [1.82, 2.24) is 4.90 Å². The van der Waals surface area contributed by atoms with E-state index in [0.29, 0.717) is 12.0 Å². The van der Waals surface area contributed by atoms with Gasteiger partial charge in [0.1, 0.15) is 0 Å². The first kappa shape index (κ1) is 22.1. The monoisotopic (exact) mass is 247 g/mol. The predicted octanol–water partition coefficient (Wildman–Crippen LogP) is 4.18. The molecule has 0 saturated carbocycles. The molecule has 0 aromatic rings. The van der Waals surface area contributed by atoms with Crippen LogP contribution in [-0.4, -0.2) is 36.8 Å². The number of aliphatic hydroxyl groups is 1. The zero-order valence-electron chi connectivity index (χ0n) is 13.6. The van der Waals surface area contributed by atoms with E-state index in [0.717, 1.165) is 32.4 Å². The van der Waals surface area contributed by atoms with Gasteiger partial charge in [0.05, 0.1) is 0 Å². The lowest BCUT2D eigenvalue weighted by molar-refractivity contribution is 0.118. The maximum atomic E-state index is 9.03. The van der Waals surface area contributed by atoms with Gasteiger partial charge in [-0.05, 0) is 38.3 Å². The van der Waals surface area contributed by atoms with E-state index >= 15 is 0 Å². The molecule has 0 aromatic carbocycles. The highest BCUT2D eigenvalue weighted by Gasteiger charge is 2.26. The summed E-state index contributed by atoms with van der Waals surface area (Å²) < 4.78 is 0. The zero-order valence-corrected chi connectivity index (χ0v) is 13.6. The molecule has 108 valence electrons. The second-order valence-corrected chi connectivity index (χ2v) is 4.01. The van der Waals surface area contributed by atoms with Gasteiger partial charge in [0.25, 0.3) is 0 Å². The topological polar surface area (TPSA) is 23.5 Å². The summed E-state index contributed by atoms with van der Waals surface area (Å²) in [7, 11) is 2.15. The number of rotatable bonds is 7. The molecule has 0 fully saturated rings. The highest BCUT2D eigenvalue weighted by molar-refractivity contribution is 4.79. The molecule has 0 aliphatic heterocycles. The molecule has 0 aromatic heterocycles. The number of hydrogen-bond acceptors (Lipinski definition) is 2. The van der Waals surface area contributed by atoms with Gasteiger partial charge in [0.15, 0.2) is 0 Å². The Hall–Kier alpha value is -0.0800. The van der Waals surface area contributed by atoms with Crippen LogP contribution in [0.15, 0.2) is 0 Å². The molecule has 17 heavy (non-hydrogen) atoms. The van der Waals surface area contributed by atoms with Crippen LogP contribution in [0.25, 0.3) is 0 Å². The standard InChI is InChI=1S/C11H25NO.2C2H6/c1-5-11(6-2,8-9-13)10-12(4)7-3;2*1-2/h13H,5-10H2,1-4H3;2*1-2H3. The van der Waals surface area contributed by atoms with E-state index in [-0.39, 0.29) is 0 Å². The fraction of sp³-hybridized carbons (Fsp3) is 1.00. The number of hydrogen-bond donors (Lipinski definition) is 1. The third kappa shape index (κ3) is 10.8. The van der Waals surface area contributed by atoms with Crippen LogP contribution < -0.4 is 0 Å². The van der Waals surface area contributed by atoms with Crippen LogP contribution >= 0.6 is 0 Å². The van der Waals surface area contributed by atoms with Gasteiger partial charge in [-0.15, -0.1) is 0 Å². The van der Waals surface area contributed by atoms with E-state index in [2.05, 4.69) is 32.7 Å². The molecule has 0 rings (SSSR count). The van der Waals surface area contributed by atoms with E-state index < -0.39 is 0 Å². The molecule has 0 aliphatic rings. The molecular weight excluding hydrogens is 210 g/mol. The minimum Gasteiger partial charge on any atom is -0.396 e. The molecule has 2 heteroatoms. The van der Waals surface area contributed by atoms with E-state index in [9.17, 15) is 0 Å². The summed E-state index contributed by atoms with van der Waals surface area (Å²) in [4.78, 5) is 2.34. The van der Waals surface area contributed by atoms with Crippen molar-refractivity contribution in [2.45, 2.75) is 67.7 Å². The van der Waals surface area contributed by atoms with Crippen LogP contribution in [0.5, 0.6) is 0 Å². The van der Waals surface area contributed by atoms with Gasteiger partial charge in [-0.1, -0.05) is 48.5 Å². The van der Waals surface area contributed by atoms with Crippen molar-refractivity contribution in [2.24, 2.45) is 5.41 Å². The average Bonchev–Trinajstić information content (AvgIpc) is 2.42. The number of nitrogens with zero attached hydrogens (tertiary/aromatic N) is 1. The molecule has 0 spiro atoms. The van der Waals surface area contributed by atoms with Crippen LogP contribution in [0, 0.1) is 5.41 Å². The minimum atomic E-state index is 0.319. The molecule has 0 radical (unpaired) electrons. The molecule has 0 bridgehead atoms. The van der Waals surface area contributed by atoms with Gasteiger partial charge in [-0.2, -0.15) is 0 Å². The molecule has 0 atom stereocenters. The Morgan fingerprint density at radius 3 is 1.59 bits per heavy atom. The molecule has 2 nitrogen and oxygen atoms in total. The van der Waals surface area contributed by atoms with E-state index in [4.69, 9.17) is 5.11 Å². The van der Waals surface area contributed by atoms with Crippen molar-refractivity contribution < 1.29 is 5.11 Å². The lowest BCUT2D eigenvalue weighted by Gasteiger charge is -2.35. The summed E-state index contributed by atoms with van der Waals surface area (Å²) in [6.07, 6.45) is 3.26. The summed E-state index contributed by atoms with van der Waals surface area (Å²) in [6, 6.07) is 0. The Kier molecular flexibility index (Phi) is 20.7. The first-order valence-electron chi connectivity index (χ1n) is 7.43. The van der Waals surface area contributed by atoms with Crippen molar-refractivity contribution in [2.75, 3.05) is 26.7 Å². The van der Waals surface area contributed by atoms with Crippen LogP contribution in [0.1, 0.15) is 67.7 Å². The summed E-state index contributed by atoms with van der Waals surface area (Å²) in [6.45, 7) is 17.1. The quantitative estimate of drug-likeness (QED) is 0.729. The minimum absolute atomic E-state index is 0.319. The van der Waals surface area contributed by atoms with Crippen molar-refractivity contribution in [3.8, 4) is 0 Å². The fourth-order valence-corrected chi connectivity index (χ4v) is 1.83. The summed E-state index contributed by atoms with van der Waals surface area (Å²) in [5, 5.41) is 9.03. The summed E-state index contributed by atoms with van der Waals surface area (Å²) >= 11 is 0. The van der Waals surface area contributed by atoms with Gasteiger partial charge in [0.2, 0.25) is 0 Å². The second-order valence-electron chi connectivity index (χ2n) is 4.01. The fourth-order valence-electron chi connectivity index (χ4n) is 1.83. The Morgan fingerprint density at radius 1 is 0.941 bits per heavy atom. The smallest absolute Gasteiger partial charge is 0.0436 e. The Balaban J connectivity index is -0.000000439. The highest BCUT2D eigenvalue weighted by Crippen LogP contribution is 2.30. The Bertz CT molecular complexity index is 122. The van der Waals surface area contributed by atoms with E-state index in [1.807, 2.05) is 27.7 Å². The van der Waals surface area contributed by atoms with Crippen molar-refractivity contribution in [3.05, 3.63) is 0 Å². The van der Waals surface area contributed by atoms with Crippen molar-refractivity contribution in [3.63, 3.8) is 0 Å². The average molecular weight is 247 g/mol. The van der Waals surface area contributed by atoms with Gasteiger partial charge < -0.3 is 10.0 Å².